The average Bonchev–Trinajstić information content (AvgIpc) is 2.70. The molecule has 0 spiro atoms. The van der Waals surface area contributed by atoms with E-state index in [1.807, 2.05) is 13.0 Å². The zero-order chi connectivity index (χ0) is 20.4. The number of piperazine rings is 1. The van der Waals surface area contributed by atoms with Crippen LogP contribution >= 0.6 is 0 Å². The summed E-state index contributed by atoms with van der Waals surface area (Å²) in [7, 11) is 0. The fourth-order valence-corrected chi connectivity index (χ4v) is 3.33. The van der Waals surface area contributed by atoms with E-state index in [0.29, 0.717) is 0 Å². The molecular formula is C21H20F3N5. The minimum atomic E-state index is -0.704. The Morgan fingerprint density at radius 2 is 1.45 bits per heavy atom. The predicted octanol–water partition coefficient (Wildman–Crippen LogP) is 4.27. The zero-order valence-electron chi connectivity index (χ0n) is 15.9. The summed E-state index contributed by atoms with van der Waals surface area (Å²) in [6.45, 7) is 4.84. The summed E-state index contributed by atoms with van der Waals surface area (Å²) in [5.41, 5.74) is 1.84. The van der Waals surface area contributed by atoms with Crippen molar-refractivity contribution in [1.29, 1.82) is 0 Å². The molecule has 1 N–H and O–H groups in total. The number of nitrogens with zero attached hydrogens (tertiary/aromatic N) is 4. The second kappa shape index (κ2) is 7.98. The van der Waals surface area contributed by atoms with Crippen LogP contribution in [0.15, 0.2) is 48.5 Å². The molecule has 0 aliphatic carbocycles. The van der Waals surface area contributed by atoms with Crippen LogP contribution in [0.2, 0.25) is 0 Å². The van der Waals surface area contributed by atoms with E-state index in [4.69, 9.17) is 0 Å². The number of benzene rings is 2. The van der Waals surface area contributed by atoms with Crippen LogP contribution in [-0.4, -0.2) is 36.1 Å². The fraction of sp³-hybridized carbons (Fsp3) is 0.238. The maximum absolute atomic E-state index is 13.9. The number of anilines is 4. The molecule has 1 fully saturated rings. The van der Waals surface area contributed by atoms with Gasteiger partial charge in [0, 0.05) is 49.7 Å². The number of aryl methyl sites for hydroxylation is 1. The largest absolute Gasteiger partial charge is 0.368 e. The van der Waals surface area contributed by atoms with Gasteiger partial charge in [-0.1, -0.05) is 0 Å². The van der Waals surface area contributed by atoms with Crippen molar-refractivity contribution in [2.24, 2.45) is 0 Å². The molecule has 1 aliphatic rings. The van der Waals surface area contributed by atoms with Gasteiger partial charge >= 0.3 is 0 Å². The van der Waals surface area contributed by atoms with E-state index >= 15 is 0 Å². The smallest absolute Gasteiger partial charge is 0.229 e. The molecule has 29 heavy (non-hydrogen) atoms. The van der Waals surface area contributed by atoms with E-state index in [0.717, 1.165) is 49.4 Å². The third-order valence-corrected chi connectivity index (χ3v) is 4.81. The summed E-state index contributed by atoms with van der Waals surface area (Å²) in [5, 5.41) is 2.82. The second-order valence-electron chi connectivity index (χ2n) is 6.89. The lowest BCUT2D eigenvalue weighted by atomic mass is 10.2. The van der Waals surface area contributed by atoms with Gasteiger partial charge in [0.15, 0.2) is 0 Å². The maximum atomic E-state index is 13.9. The van der Waals surface area contributed by atoms with Crippen molar-refractivity contribution in [2.75, 3.05) is 41.3 Å². The lowest BCUT2D eigenvalue weighted by Gasteiger charge is -2.36. The minimum absolute atomic E-state index is 0.115. The van der Waals surface area contributed by atoms with Crippen molar-refractivity contribution in [3.05, 3.63) is 71.7 Å². The molecule has 1 aromatic heterocycles. The molecule has 0 amide bonds. The first-order valence-corrected chi connectivity index (χ1v) is 9.31. The minimum Gasteiger partial charge on any atom is -0.368 e. The predicted molar refractivity (Wildman–Crippen MR) is 107 cm³/mol. The topological polar surface area (TPSA) is 44.3 Å². The first kappa shape index (κ1) is 19.0. The maximum Gasteiger partial charge on any atom is 0.229 e. The fourth-order valence-electron chi connectivity index (χ4n) is 3.33. The highest BCUT2D eigenvalue weighted by Crippen LogP contribution is 2.23. The van der Waals surface area contributed by atoms with Crippen molar-refractivity contribution < 1.29 is 13.2 Å². The molecule has 8 heteroatoms. The Bertz CT molecular complexity index is 1000. The monoisotopic (exact) mass is 399 g/mol. The zero-order valence-corrected chi connectivity index (χ0v) is 15.9. The Morgan fingerprint density at radius 1 is 0.793 bits per heavy atom. The molecule has 1 saturated heterocycles. The Hall–Kier alpha value is -3.29. The van der Waals surface area contributed by atoms with Gasteiger partial charge in [0.25, 0.3) is 0 Å². The molecule has 5 nitrogen and oxygen atoms in total. The van der Waals surface area contributed by atoms with Crippen LogP contribution < -0.4 is 15.1 Å². The van der Waals surface area contributed by atoms with Crippen molar-refractivity contribution in [2.45, 2.75) is 6.92 Å². The van der Waals surface area contributed by atoms with Crippen LogP contribution in [0.25, 0.3) is 0 Å². The van der Waals surface area contributed by atoms with E-state index in [2.05, 4.69) is 25.1 Å². The van der Waals surface area contributed by atoms with Gasteiger partial charge in [-0.15, -0.1) is 0 Å². The first-order valence-electron chi connectivity index (χ1n) is 9.31. The number of rotatable bonds is 4. The Balaban J connectivity index is 1.47. The Morgan fingerprint density at radius 3 is 2.14 bits per heavy atom. The van der Waals surface area contributed by atoms with E-state index in [-0.39, 0.29) is 17.5 Å². The molecule has 0 radical (unpaired) electrons. The number of hydrogen-bond acceptors (Lipinski definition) is 5. The van der Waals surface area contributed by atoms with Crippen molar-refractivity contribution in [3.63, 3.8) is 0 Å². The lowest BCUT2D eigenvalue weighted by molar-refractivity contribution is 0.586. The molecule has 0 atom stereocenters. The highest BCUT2D eigenvalue weighted by atomic mass is 19.1. The molecule has 150 valence electrons. The molecule has 4 rings (SSSR count). The van der Waals surface area contributed by atoms with Gasteiger partial charge < -0.3 is 15.1 Å². The molecular weight excluding hydrogens is 379 g/mol. The molecule has 1 aliphatic heterocycles. The number of nitrogens with one attached hydrogen (secondary N) is 1. The standard InChI is InChI=1S/C21H20F3N5/c1-14-12-20(27-21(25-14)26-19-7-4-16(23)13-18(19)24)29-10-8-28(9-11-29)17-5-2-15(22)3-6-17/h2-7,12-13H,8-11H2,1H3,(H,25,26,27). The quantitative estimate of drug-likeness (QED) is 0.710. The van der Waals surface area contributed by atoms with Gasteiger partial charge in [0.1, 0.15) is 23.3 Å². The van der Waals surface area contributed by atoms with Crippen LogP contribution in [-0.2, 0) is 0 Å². The molecule has 2 aromatic carbocycles. The third-order valence-electron chi connectivity index (χ3n) is 4.81. The van der Waals surface area contributed by atoms with Crippen molar-refractivity contribution in [1.82, 2.24) is 9.97 Å². The summed E-state index contributed by atoms with van der Waals surface area (Å²) in [4.78, 5) is 13.1. The highest BCUT2D eigenvalue weighted by molar-refractivity contribution is 5.57. The van der Waals surface area contributed by atoms with Gasteiger partial charge in [-0.3, -0.25) is 0 Å². The van der Waals surface area contributed by atoms with E-state index in [9.17, 15) is 13.2 Å². The molecule has 2 heterocycles. The van der Waals surface area contributed by atoms with Gasteiger partial charge in [-0.25, -0.2) is 18.2 Å². The summed E-state index contributed by atoms with van der Waals surface area (Å²) in [5.74, 6) is -0.600. The third kappa shape index (κ3) is 4.42. The second-order valence-corrected chi connectivity index (χ2v) is 6.89. The highest BCUT2D eigenvalue weighted by Gasteiger charge is 2.19. The van der Waals surface area contributed by atoms with Crippen LogP contribution in [0.4, 0.5) is 36.3 Å². The van der Waals surface area contributed by atoms with Crippen molar-refractivity contribution >= 4 is 23.1 Å². The number of hydrogen-bond donors (Lipinski definition) is 1. The lowest BCUT2D eigenvalue weighted by Crippen LogP contribution is -2.46. The van der Waals surface area contributed by atoms with E-state index in [1.54, 1.807) is 12.1 Å². The average molecular weight is 399 g/mol. The number of halogens is 3. The van der Waals surface area contributed by atoms with Crippen LogP contribution in [0.5, 0.6) is 0 Å². The Labute approximate surface area is 166 Å². The summed E-state index contributed by atoms with van der Waals surface area (Å²) >= 11 is 0. The van der Waals surface area contributed by atoms with Gasteiger partial charge in [-0.05, 0) is 43.3 Å². The van der Waals surface area contributed by atoms with Crippen LogP contribution in [0, 0.1) is 24.4 Å². The van der Waals surface area contributed by atoms with Crippen LogP contribution in [0.1, 0.15) is 5.69 Å². The van der Waals surface area contributed by atoms with Gasteiger partial charge in [0.05, 0.1) is 5.69 Å². The first-order chi connectivity index (χ1) is 14.0. The molecule has 0 unspecified atom stereocenters. The van der Waals surface area contributed by atoms with Crippen LogP contribution in [0.3, 0.4) is 0 Å². The Kier molecular flexibility index (Phi) is 5.24. The molecule has 0 bridgehead atoms. The van der Waals surface area contributed by atoms with Crippen molar-refractivity contribution in [3.8, 4) is 0 Å². The summed E-state index contributed by atoms with van der Waals surface area (Å²) in [6.07, 6.45) is 0. The number of aromatic nitrogens is 2. The van der Waals surface area contributed by atoms with Gasteiger partial charge in [-0.2, -0.15) is 4.98 Å². The normalized spacial score (nSPS) is 14.2. The molecule has 3 aromatic rings. The summed E-state index contributed by atoms with van der Waals surface area (Å²) in [6, 6.07) is 11.7. The SMILES string of the molecule is Cc1cc(N2CCN(c3ccc(F)cc3)CC2)nc(Nc2ccc(F)cc2F)n1. The van der Waals surface area contributed by atoms with Gasteiger partial charge in [0.2, 0.25) is 5.95 Å². The molecule has 0 saturated carbocycles. The summed E-state index contributed by atoms with van der Waals surface area (Å²) < 4.78 is 40.2. The van der Waals surface area contributed by atoms with E-state index < -0.39 is 11.6 Å². The van der Waals surface area contributed by atoms with E-state index in [1.165, 1.54) is 24.3 Å².